The highest BCUT2D eigenvalue weighted by atomic mass is 32.2. The average Bonchev–Trinajstić information content (AvgIpc) is 2.27. The zero-order chi connectivity index (χ0) is 14.6. The van der Waals surface area contributed by atoms with E-state index < -0.39 is 10.0 Å². The van der Waals surface area contributed by atoms with Crippen molar-refractivity contribution in [1.29, 1.82) is 0 Å². The predicted octanol–water partition coefficient (Wildman–Crippen LogP) is 2.11. The molecule has 0 aliphatic rings. The van der Waals surface area contributed by atoms with E-state index in [1.807, 2.05) is 17.9 Å². The fourth-order valence-electron chi connectivity index (χ4n) is 1.97. The minimum absolute atomic E-state index is 0.366. The molecule has 1 N–H and O–H groups in total. The predicted molar refractivity (Wildman–Crippen MR) is 77.1 cm³/mol. The number of hydrogen-bond donors (Lipinski definition) is 1. The summed E-state index contributed by atoms with van der Waals surface area (Å²) in [6, 6.07) is 5.21. The number of nitrogens with one attached hydrogen (secondary N) is 1. The van der Waals surface area contributed by atoms with Gasteiger partial charge < -0.3 is 4.90 Å². The first kappa shape index (κ1) is 15.6. The molecule has 106 valence electrons. The number of rotatable bonds is 6. The topological polar surface area (TPSA) is 78.8 Å². The Hall–Kier alpha value is -1.47. The Morgan fingerprint density at radius 2 is 2.05 bits per heavy atom. The second kappa shape index (κ2) is 6.12. The van der Waals surface area contributed by atoms with Crippen molar-refractivity contribution in [3.63, 3.8) is 0 Å². The maximum absolute atomic E-state index is 11.3. The molecule has 6 nitrogen and oxygen atoms in total. The lowest BCUT2D eigenvalue weighted by atomic mass is 10.1. The average molecular weight is 285 g/mol. The Labute approximate surface area is 113 Å². The first-order valence-corrected chi connectivity index (χ1v) is 7.85. The monoisotopic (exact) mass is 285 g/mol. The van der Waals surface area contributed by atoms with E-state index in [0.717, 1.165) is 17.5 Å². The Bertz CT molecular complexity index is 557. The quantitative estimate of drug-likeness (QED) is 0.641. The molecule has 1 aromatic carbocycles. The zero-order valence-electron chi connectivity index (χ0n) is 11.5. The fraction of sp³-hybridized carbons (Fsp3) is 0.500. The van der Waals surface area contributed by atoms with Gasteiger partial charge in [-0.25, -0.2) is 8.42 Å². The zero-order valence-corrected chi connectivity index (χ0v) is 12.4. The van der Waals surface area contributed by atoms with Crippen LogP contribution in [0.4, 0.5) is 11.4 Å². The molecule has 0 fully saturated rings. The molecule has 0 radical (unpaired) electrons. The smallest absolute Gasteiger partial charge is 0.210 e. The van der Waals surface area contributed by atoms with E-state index in [2.05, 4.69) is 9.90 Å². The molecule has 0 aliphatic heterocycles. The number of sulfonamides is 1. The van der Waals surface area contributed by atoms with Gasteiger partial charge in [0.25, 0.3) is 0 Å². The molecule has 0 heterocycles. The van der Waals surface area contributed by atoms with Crippen molar-refractivity contribution in [2.75, 3.05) is 17.7 Å². The maximum Gasteiger partial charge on any atom is 0.210 e. The third kappa shape index (κ3) is 4.29. The van der Waals surface area contributed by atoms with E-state index in [0.29, 0.717) is 12.2 Å². The van der Waals surface area contributed by atoms with Crippen LogP contribution in [0.15, 0.2) is 23.4 Å². The van der Waals surface area contributed by atoms with Crippen molar-refractivity contribution in [2.45, 2.75) is 26.9 Å². The van der Waals surface area contributed by atoms with Gasteiger partial charge in [0.1, 0.15) is 5.69 Å². The third-order valence-corrected chi connectivity index (χ3v) is 3.57. The highest BCUT2D eigenvalue weighted by Crippen LogP contribution is 2.25. The summed E-state index contributed by atoms with van der Waals surface area (Å²) in [7, 11) is -3.27. The molecule has 0 aliphatic carbocycles. The van der Waals surface area contributed by atoms with E-state index in [-0.39, 0.29) is 6.17 Å². The second-order valence-electron chi connectivity index (χ2n) is 4.41. The molecule has 0 bridgehead atoms. The Morgan fingerprint density at radius 3 is 2.47 bits per heavy atom. The first-order chi connectivity index (χ1) is 8.78. The van der Waals surface area contributed by atoms with Crippen molar-refractivity contribution in [3.05, 3.63) is 28.7 Å². The minimum Gasteiger partial charge on any atom is -0.356 e. The molecule has 7 heteroatoms. The summed E-state index contributed by atoms with van der Waals surface area (Å²) in [5.74, 6) is 0. The van der Waals surface area contributed by atoms with Gasteiger partial charge >= 0.3 is 0 Å². The van der Waals surface area contributed by atoms with Crippen molar-refractivity contribution in [1.82, 2.24) is 4.72 Å². The van der Waals surface area contributed by atoms with Crippen LogP contribution in [-0.2, 0) is 10.0 Å². The second-order valence-corrected chi connectivity index (χ2v) is 6.19. The summed E-state index contributed by atoms with van der Waals surface area (Å²) < 4.78 is 25.1. The molecule has 1 unspecified atom stereocenters. The lowest BCUT2D eigenvalue weighted by molar-refractivity contribution is 0.555. The van der Waals surface area contributed by atoms with Crippen LogP contribution in [0.25, 0.3) is 0 Å². The Balaban J connectivity index is 3.03. The highest BCUT2D eigenvalue weighted by Gasteiger charge is 2.17. The van der Waals surface area contributed by atoms with Crippen LogP contribution in [0, 0.1) is 11.8 Å². The minimum atomic E-state index is -3.27. The fourth-order valence-corrected chi connectivity index (χ4v) is 2.72. The molecule has 19 heavy (non-hydrogen) atoms. The van der Waals surface area contributed by atoms with Gasteiger partial charge in [-0.05, 0) is 49.7 Å². The molecular formula is C12H19N3O3S. The van der Waals surface area contributed by atoms with Crippen molar-refractivity contribution < 1.29 is 8.42 Å². The lowest BCUT2D eigenvalue weighted by Gasteiger charge is -2.30. The number of benzene rings is 1. The van der Waals surface area contributed by atoms with Gasteiger partial charge in [0, 0.05) is 12.2 Å². The summed E-state index contributed by atoms with van der Waals surface area (Å²) in [5.41, 5.74) is 2.00. The Morgan fingerprint density at radius 1 is 1.42 bits per heavy atom. The van der Waals surface area contributed by atoms with Crippen molar-refractivity contribution in [3.8, 4) is 0 Å². The summed E-state index contributed by atoms with van der Waals surface area (Å²) in [4.78, 5) is 12.4. The van der Waals surface area contributed by atoms with Crippen LogP contribution in [-0.4, -0.2) is 27.4 Å². The summed E-state index contributed by atoms with van der Waals surface area (Å²) in [5, 5.41) is 2.92. The van der Waals surface area contributed by atoms with Crippen molar-refractivity contribution >= 4 is 21.4 Å². The first-order valence-electron chi connectivity index (χ1n) is 5.96. The maximum atomic E-state index is 11.3. The molecule has 0 amide bonds. The van der Waals surface area contributed by atoms with Crippen LogP contribution < -0.4 is 9.62 Å². The highest BCUT2D eigenvalue weighted by molar-refractivity contribution is 7.88. The molecule has 1 rings (SSSR count). The van der Waals surface area contributed by atoms with E-state index in [9.17, 15) is 13.3 Å². The van der Waals surface area contributed by atoms with E-state index in [1.165, 1.54) is 0 Å². The molecular weight excluding hydrogens is 266 g/mol. The standard InChI is InChI=1S/C12H19N3O3S/c1-5-15(10(3)14-19(4,17)18)11-6-7-12(13-16)9(2)8-11/h6-8,10,14H,5H2,1-4H3. The van der Waals surface area contributed by atoms with Crippen LogP contribution in [0.1, 0.15) is 19.4 Å². The van der Waals surface area contributed by atoms with Gasteiger partial charge in [-0.3, -0.25) is 0 Å². The Kier molecular flexibility index (Phi) is 5.02. The number of nitroso groups, excluding NO2 is 1. The van der Waals surface area contributed by atoms with Crippen LogP contribution in [0.3, 0.4) is 0 Å². The van der Waals surface area contributed by atoms with Crippen LogP contribution >= 0.6 is 0 Å². The van der Waals surface area contributed by atoms with Gasteiger partial charge in [-0.2, -0.15) is 4.72 Å². The van der Waals surface area contributed by atoms with Crippen molar-refractivity contribution in [2.24, 2.45) is 5.18 Å². The van der Waals surface area contributed by atoms with Gasteiger partial charge in [-0.1, -0.05) is 0 Å². The number of aryl methyl sites for hydroxylation is 1. The van der Waals surface area contributed by atoms with Gasteiger partial charge in [0.15, 0.2) is 0 Å². The number of hydrogen-bond acceptors (Lipinski definition) is 5. The molecule has 0 saturated heterocycles. The molecule has 1 atom stereocenters. The molecule has 1 aromatic rings. The molecule has 0 aromatic heterocycles. The third-order valence-electron chi connectivity index (χ3n) is 2.80. The SMILES string of the molecule is CCN(c1ccc(N=O)c(C)c1)C(C)NS(C)(=O)=O. The van der Waals surface area contributed by atoms with E-state index in [1.54, 1.807) is 26.0 Å². The number of nitrogens with zero attached hydrogens (tertiary/aromatic N) is 2. The van der Waals surface area contributed by atoms with E-state index >= 15 is 0 Å². The van der Waals surface area contributed by atoms with Crippen LogP contribution in [0.5, 0.6) is 0 Å². The summed E-state index contributed by atoms with van der Waals surface area (Å²) >= 11 is 0. The van der Waals surface area contributed by atoms with E-state index in [4.69, 9.17) is 0 Å². The largest absolute Gasteiger partial charge is 0.356 e. The van der Waals surface area contributed by atoms with Gasteiger partial charge in [-0.15, -0.1) is 4.91 Å². The number of anilines is 1. The molecule has 0 saturated carbocycles. The summed E-state index contributed by atoms with van der Waals surface area (Å²) in [6.07, 6.45) is 0.761. The van der Waals surface area contributed by atoms with Gasteiger partial charge in [0.05, 0.1) is 12.4 Å². The lowest BCUT2D eigenvalue weighted by Crippen LogP contribution is -2.46. The van der Waals surface area contributed by atoms with Crippen LogP contribution in [0.2, 0.25) is 0 Å². The van der Waals surface area contributed by atoms with Gasteiger partial charge in [0.2, 0.25) is 10.0 Å². The summed E-state index contributed by atoms with van der Waals surface area (Å²) in [6.45, 7) is 6.13. The molecule has 0 spiro atoms. The normalized spacial score (nSPS) is 13.1.